The Hall–Kier alpha value is -1.22. The van der Waals surface area contributed by atoms with Gasteiger partial charge in [0.2, 0.25) is 10.0 Å². The van der Waals surface area contributed by atoms with E-state index in [2.05, 4.69) is 0 Å². The topological polar surface area (TPSA) is 101 Å². The molecule has 0 amide bonds. The van der Waals surface area contributed by atoms with Crippen LogP contribution in [0.3, 0.4) is 0 Å². The standard InChI is InChI=1S/C11H15ClN2O5S/c1-11(2,7-15)13(3)20(18,19)10-5-4-8(14(16)17)6-9(10)12/h4-6,15H,7H2,1-3H3. The van der Waals surface area contributed by atoms with Crippen LogP contribution >= 0.6 is 11.6 Å². The van der Waals surface area contributed by atoms with Crippen LogP contribution in [0.15, 0.2) is 23.1 Å². The van der Waals surface area contributed by atoms with Gasteiger partial charge in [0.15, 0.2) is 0 Å². The monoisotopic (exact) mass is 322 g/mol. The van der Waals surface area contributed by atoms with Crippen molar-refractivity contribution in [2.45, 2.75) is 24.3 Å². The number of likely N-dealkylation sites (N-methyl/N-ethyl adjacent to an activating group) is 1. The molecule has 0 fully saturated rings. The van der Waals surface area contributed by atoms with E-state index in [1.165, 1.54) is 7.05 Å². The maximum absolute atomic E-state index is 12.4. The van der Waals surface area contributed by atoms with Crippen molar-refractivity contribution in [1.82, 2.24) is 4.31 Å². The molecular formula is C11H15ClN2O5S. The molecule has 1 N–H and O–H groups in total. The third-order valence-electron chi connectivity index (χ3n) is 3.00. The van der Waals surface area contributed by atoms with Gasteiger partial charge in [-0.3, -0.25) is 10.1 Å². The number of rotatable bonds is 5. The quantitative estimate of drug-likeness (QED) is 0.656. The number of sulfonamides is 1. The summed E-state index contributed by atoms with van der Waals surface area (Å²) >= 11 is 5.82. The molecule has 0 radical (unpaired) electrons. The van der Waals surface area contributed by atoms with Crippen molar-refractivity contribution >= 4 is 27.3 Å². The summed E-state index contributed by atoms with van der Waals surface area (Å²) in [5, 5.41) is 19.6. The first-order chi connectivity index (χ1) is 9.04. The second-order valence-corrected chi connectivity index (χ2v) is 7.16. The Labute approximate surface area is 122 Å². The average Bonchev–Trinajstić information content (AvgIpc) is 2.37. The summed E-state index contributed by atoms with van der Waals surface area (Å²) in [5.41, 5.74) is -1.32. The third kappa shape index (κ3) is 3.09. The van der Waals surface area contributed by atoms with Crippen LogP contribution in [-0.2, 0) is 10.0 Å². The molecule has 20 heavy (non-hydrogen) atoms. The number of benzene rings is 1. The minimum Gasteiger partial charge on any atom is -0.394 e. The zero-order chi connectivity index (χ0) is 15.7. The van der Waals surface area contributed by atoms with E-state index in [-0.39, 0.29) is 22.2 Å². The Morgan fingerprint density at radius 1 is 1.45 bits per heavy atom. The van der Waals surface area contributed by atoms with Crippen LogP contribution in [-0.4, -0.2) is 41.9 Å². The molecule has 0 saturated heterocycles. The van der Waals surface area contributed by atoms with Gasteiger partial charge in [-0.2, -0.15) is 4.31 Å². The van der Waals surface area contributed by atoms with Crippen LogP contribution in [0.4, 0.5) is 5.69 Å². The minimum atomic E-state index is -3.96. The Balaban J connectivity index is 3.34. The SMILES string of the molecule is CN(C(C)(C)CO)S(=O)(=O)c1ccc([N+](=O)[O-])cc1Cl. The fourth-order valence-electron chi connectivity index (χ4n) is 1.38. The van der Waals surface area contributed by atoms with E-state index >= 15 is 0 Å². The molecule has 7 nitrogen and oxygen atoms in total. The Bertz CT molecular complexity index is 630. The lowest BCUT2D eigenvalue weighted by atomic mass is 10.1. The van der Waals surface area contributed by atoms with Gasteiger partial charge < -0.3 is 5.11 Å². The molecule has 9 heteroatoms. The Kier molecular flexibility index (Phi) is 4.75. The maximum Gasteiger partial charge on any atom is 0.271 e. The molecule has 0 aliphatic heterocycles. The molecular weight excluding hydrogens is 308 g/mol. The van der Waals surface area contributed by atoms with E-state index in [0.717, 1.165) is 22.5 Å². The third-order valence-corrected chi connectivity index (χ3v) is 5.56. The van der Waals surface area contributed by atoms with E-state index in [1.54, 1.807) is 13.8 Å². The van der Waals surface area contributed by atoms with Crippen LogP contribution in [0.25, 0.3) is 0 Å². The first-order valence-electron chi connectivity index (χ1n) is 5.58. The van der Waals surface area contributed by atoms with E-state index in [4.69, 9.17) is 11.6 Å². The number of nitrogens with zero attached hydrogens (tertiary/aromatic N) is 2. The number of aliphatic hydroxyl groups is 1. The molecule has 112 valence electrons. The Morgan fingerprint density at radius 2 is 2.00 bits per heavy atom. The molecule has 0 bridgehead atoms. The van der Waals surface area contributed by atoms with Gasteiger partial charge in [0.25, 0.3) is 5.69 Å². The van der Waals surface area contributed by atoms with E-state index in [1.807, 2.05) is 0 Å². The van der Waals surface area contributed by atoms with Gasteiger partial charge >= 0.3 is 0 Å². The molecule has 0 unspecified atom stereocenters. The highest BCUT2D eigenvalue weighted by Gasteiger charge is 2.35. The summed E-state index contributed by atoms with van der Waals surface area (Å²) in [6.45, 7) is 2.71. The smallest absolute Gasteiger partial charge is 0.271 e. The number of nitro benzene ring substituents is 1. The number of halogens is 1. The van der Waals surface area contributed by atoms with Crippen LogP contribution in [0.2, 0.25) is 5.02 Å². The molecule has 0 aliphatic carbocycles. The molecule has 1 rings (SSSR count). The second kappa shape index (κ2) is 5.65. The number of nitro groups is 1. The number of non-ortho nitro benzene ring substituents is 1. The summed E-state index contributed by atoms with van der Waals surface area (Å²) in [5.74, 6) is 0. The van der Waals surface area contributed by atoms with E-state index < -0.39 is 20.5 Å². The van der Waals surface area contributed by atoms with Crippen molar-refractivity contribution in [2.24, 2.45) is 0 Å². The second-order valence-electron chi connectivity index (χ2n) is 4.81. The average molecular weight is 323 g/mol. The van der Waals surface area contributed by atoms with Gasteiger partial charge in [-0.15, -0.1) is 0 Å². The molecule has 1 aromatic rings. The van der Waals surface area contributed by atoms with Gasteiger partial charge in [-0.05, 0) is 19.9 Å². The largest absolute Gasteiger partial charge is 0.394 e. The zero-order valence-corrected chi connectivity index (χ0v) is 12.8. The highest BCUT2D eigenvalue weighted by atomic mass is 35.5. The van der Waals surface area contributed by atoms with Gasteiger partial charge in [-0.25, -0.2) is 8.42 Å². The molecule has 0 atom stereocenters. The first-order valence-corrected chi connectivity index (χ1v) is 7.39. The summed E-state index contributed by atoms with van der Waals surface area (Å²) in [7, 11) is -2.65. The number of aliphatic hydroxyl groups excluding tert-OH is 1. The van der Waals surface area contributed by atoms with Crippen molar-refractivity contribution in [3.63, 3.8) is 0 Å². The van der Waals surface area contributed by atoms with Crippen LogP contribution in [0.5, 0.6) is 0 Å². The highest BCUT2D eigenvalue weighted by Crippen LogP contribution is 2.30. The fraction of sp³-hybridized carbons (Fsp3) is 0.455. The van der Waals surface area contributed by atoms with Crippen LogP contribution in [0, 0.1) is 10.1 Å². The van der Waals surface area contributed by atoms with Crippen molar-refractivity contribution in [1.29, 1.82) is 0 Å². The Morgan fingerprint density at radius 3 is 2.40 bits per heavy atom. The number of hydrogen-bond donors (Lipinski definition) is 1. The lowest BCUT2D eigenvalue weighted by Crippen LogP contribution is -2.47. The predicted molar refractivity (Wildman–Crippen MR) is 74.2 cm³/mol. The normalized spacial score (nSPS) is 12.7. The fourth-order valence-corrected chi connectivity index (χ4v) is 3.40. The molecule has 0 aromatic heterocycles. The van der Waals surface area contributed by atoms with E-state index in [9.17, 15) is 23.6 Å². The molecule has 0 heterocycles. The minimum absolute atomic E-state index is 0.236. The van der Waals surface area contributed by atoms with Crippen LogP contribution in [0.1, 0.15) is 13.8 Å². The van der Waals surface area contributed by atoms with Crippen LogP contribution < -0.4 is 0 Å². The molecule has 1 aromatic carbocycles. The molecule has 0 spiro atoms. The highest BCUT2D eigenvalue weighted by molar-refractivity contribution is 7.89. The summed E-state index contributed by atoms with van der Waals surface area (Å²) < 4.78 is 25.8. The summed E-state index contributed by atoms with van der Waals surface area (Å²) in [6.07, 6.45) is 0. The van der Waals surface area contributed by atoms with E-state index in [0.29, 0.717) is 0 Å². The molecule has 0 aliphatic rings. The molecule has 0 saturated carbocycles. The number of hydrogen-bond acceptors (Lipinski definition) is 5. The van der Waals surface area contributed by atoms with Crippen molar-refractivity contribution in [2.75, 3.05) is 13.7 Å². The van der Waals surface area contributed by atoms with Gasteiger partial charge in [-0.1, -0.05) is 11.6 Å². The van der Waals surface area contributed by atoms with Gasteiger partial charge in [0.1, 0.15) is 4.90 Å². The van der Waals surface area contributed by atoms with Gasteiger partial charge in [0.05, 0.1) is 22.1 Å². The van der Waals surface area contributed by atoms with Crippen molar-refractivity contribution < 1.29 is 18.4 Å². The summed E-state index contributed by atoms with van der Waals surface area (Å²) in [6, 6.07) is 3.13. The predicted octanol–water partition coefficient (Wildman–Crippen LogP) is 1.64. The maximum atomic E-state index is 12.4. The van der Waals surface area contributed by atoms with Crippen molar-refractivity contribution in [3.05, 3.63) is 33.3 Å². The lowest BCUT2D eigenvalue weighted by molar-refractivity contribution is -0.384. The van der Waals surface area contributed by atoms with Crippen molar-refractivity contribution in [3.8, 4) is 0 Å². The summed E-state index contributed by atoms with van der Waals surface area (Å²) in [4.78, 5) is 9.70. The van der Waals surface area contributed by atoms with Gasteiger partial charge in [0, 0.05) is 19.2 Å². The lowest BCUT2D eigenvalue weighted by Gasteiger charge is -2.32. The first kappa shape index (κ1) is 16.8. The zero-order valence-electron chi connectivity index (χ0n) is 11.2.